The number of rotatable bonds is 2. The minimum atomic E-state index is -1.94. The van der Waals surface area contributed by atoms with E-state index < -0.39 is 10.3 Å². The molecule has 0 fully saturated rings. The third kappa shape index (κ3) is 5.69. The zero-order valence-electron chi connectivity index (χ0n) is 4.22. The molecule has 42 valence electrons. The second-order valence-corrected chi connectivity index (χ2v) is 2.07. The Morgan fingerprint density at radius 3 is 2.29 bits per heavy atom. The Labute approximate surface area is 44.7 Å². The van der Waals surface area contributed by atoms with Crippen molar-refractivity contribution in [1.82, 2.24) is 0 Å². The Morgan fingerprint density at radius 1 is 1.57 bits per heavy atom. The fourth-order valence-electron chi connectivity index (χ4n) is 0.214. The second kappa shape index (κ2) is 3.87. The van der Waals surface area contributed by atoms with E-state index in [1.807, 2.05) is 6.92 Å². The van der Waals surface area contributed by atoms with Crippen molar-refractivity contribution in [3.05, 3.63) is 0 Å². The average Bonchev–Trinajstić information content (AvgIpc) is 1.61. The van der Waals surface area contributed by atoms with Gasteiger partial charge in [-0.05, 0) is 6.42 Å². The lowest BCUT2D eigenvalue weighted by molar-refractivity contribution is 0.627. The van der Waals surface area contributed by atoms with Crippen LogP contribution in [0.2, 0.25) is 0 Å². The van der Waals surface area contributed by atoms with E-state index in [9.17, 15) is 8.42 Å². The third-order valence-corrected chi connectivity index (χ3v) is 1.05. The van der Waals surface area contributed by atoms with Crippen molar-refractivity contribution < 1.29 is 8.42 Å². The second-order valence-electron chi connectivity index (χ2n) is 1.22. The topological polar surface area (TPSA) is 34.1 Å². The van der Waals surface area contributed by atoms with Crippen LogP contribution in [-0.2, 0) is 10.3 Å². The predicted molar refractivity (Wildman–Crippen MR) is 29.9 cm³/mol. The van der Waals surface area contributed by atoms with Gasteiger partial charge in [0.2, 0.25) is 10.3 Å². The molecule has 0 aromatic carbocycles. The quantitative estimate of drug-likeness (QED) is 0.496. The van der Waals surface area contributed by atoms with E-state index in [0.717, 1.165) is 6.42 Å². The van der Waals surface area contributed by atoms with Crippen LogP contribution in [0.5, 0.6) is 0 Å². The summed E-state index contributed by atoms with van der Waals surface area (Å²) in [6.07, 6.45) is 1.56. The Bertz CT molecular complexity index is 135. The molecular weight excluding hydrogens is 112 g/mol. The SMILES string of the molecule is CCCC=S(=O)=O. The van der Waals surface area contributed by atoms with Crippen LogP contribution in [0.25, 0.3) is 0 Å². The van der Waals surface area contributed by atoms with Crippen molar-refractivity contribution in [2.45, 2.75) is 19.8 Å². The molecule has 0 spiro atoms. The van der Waals surface area contributed by atoms with Crippen molar-refractivity contribution >= 4 is 15.7 Å². The minimum absolute atomic E-state index is 0.663. The third-order valence-electron chi connectivity index (χ3n) is 0.543. The summed E-state index contributed by atoms with van der Waals surface area (Å²) in [6.45, 7) is 1.93. The van der Waals surface area contributed by atoms with Crippen molar-refractivity contribution in [2.75, 3.05) is 0 Å². The highest BCUT2D eigenvalue weighted by Gasteiger charge is 1.70. The highest BCUT2D eigenvalue weighted by Crippen LogP contribution is 1.76. The van der Waals surface area contributed by atoms with Crippen LogP contribution in [0.15, 0.2) is 0 Å². The van der Waals surface area contributed by atoms with Crippen LogP contribution in [0.4, 0.5) is 0 Å². The average molecular weight is 120 g/mol. The predicted octanol–water partition coefficient (Wildman–Crippen LogP) is 0.468. The Kier molecular flexibility index (Phi) is 3.69. The summed E-state index contributed by atoms with van der Waals surface area (Å²) in [6, 6.07) is 0. The summed E-state index contributed by atoms with van der Waals surface area (Å²) in [7, 11) is -1.94. The van der Waals surface area contributed by atoms with Gasteiger partial charge < -0.3 is 0 Å². The van der Waals surface area contributed by atoms with Crippen molar-refractivity contribution in [2.24, 2.45) is 0 Å². The Hall–Kier alpha value is -0.310. The first kappa shape index (κ1) is 6.69. The fraction of sp³-hybridized carbons (Fsp3) is 0.750. The minimum Gasteiger partial charge on any atom is -0.185 e. The zero-order valence-corrected chi connectivity index (χ0v) is 5.03. The molecular formula is C4H8O2S. The molecule has 0 atom stereocenters. The Morgan fingerprint density at radius 2 is 2.14 bits per heavy atom. The van der Waals surface area contributed by atoms with Gasteiger partial charge in [-0.1, -0.05) is 13.3 Å². The lowest BCUT2D eigenvalue weighted by Crippen LogP contribution is -1.71. The maximum Gasteiger partial charge on any atom is 0.209 e. The molecule has 0 bridgehead atoms. The summed E-state index contributed by atoms with van der Waals surface area (Å²) in [5.74, 6) is 0. The Balaban J connectivity index is 3.49. The van der Waals surface area contributed by atoms with E-state index in [4.69, 9.17) is 0 Å². The van der Waals surface area contributed by atoms with Gasteiger partial charge >= 0.3 is 0 Å². The molecule has 0 aromatic rings. The van der Waals surface area contributed by atoms with Crippen LogP contribution in [-0.4, -0.2) is 13.8 Å². The summed E-state index contributed by atoms with van der Waals surface area (Å²) >= 11 is 0. The molecule has 0 N–H and O–H groups in total. The molecule has 0 amide bonds. The van der Waals surface area contributed by atoms with Gasteiger partial charge in [0.05, 0.1) is 0 Å². The van der Waals surface area contributed by atoms with Crippen molar-refractivity contribution in [1.29, 1.82) is 0 Å². The number of unbranched alkanes of at least 4 members (excludes halogenated alkanes) is 1. The first-order valence-electron chi connectivity index (χ1n) is 2.18. The standard InChI is InChI=1S/C4H8O2S/c1-2-3-4-7(5)6/h4H,2-3H2,1H3. The number of hydrogen-bond donors (Lipinski definition) is 0. The van der Waals surface area contributed by atoms with Gasteiger partial charge in [-0.2, -0.15) is 8.42 Å². The first-order valence-corrected chi connectivity index (χ1v) is 3.32. The maximum atomic E-state index is 9.70. The molecule has 0 unspecified atom stereocenters. The first-order chi connectivity index (χ1) is 3.27. The monoisotopic (exact) mass is 120 g/mol. The molecule has 0 aliphatic carbocycles. The van der Waals surface area contributed by atoms with E-state index in [1.54, 1.807) is 0 Å². The van der Waals surface area contributed by atoms with E-state index in [2.05, 4.69) is 0 Å². The molecule has 0 rings (SSSR count). The molecule has 7 heavy (non-hydrogen) atoms. The van der Waals surface area contributed by atoms with Crippen molar-refractivity contribution in [3.8, 4) is 0 Å². The van der Waals surface area contributed by atoms with Crippen LogP contribution >= 0.6 is 0 Å². The van der Waals surface area contributed by atoms with Crippen LogP contribution in [0.1, 0.15) is 19.8 Å². The molecule has 3 heteroatoms. The van der Waals surface area contributed by atoms with Gasteiger partial charge in [0.1, 0.15) is 0 Å². The number of hydrogen-bond acceptors (Lipinski definition) is 2. The fourth-order valence-corrected chi connectivity index (χ4v) is 0.642. The molecule has 0 aliphatic heterocycles. The van der Waals surface area contributed by atoms with Gasteiger partial charge in [-0.3, -0.25) is 0 Å². The zero-order chi connectivity index (χ0) is 5.70. The molecule has 0 saturated carbocycles. The maximum absolute atomic E-state index is 9.70. The largest absolute Gasteiger partial charge is 0.209 e. The molecule has 0 radical (unpaired) electrons. The highest BCUT2D eigenvalue weighted by atomic mass is 32.2. The summed E-state index contributed by atoms with van der Waals surface area (Å²) < 4.78 is 19.4. The van der Waals surface area contributed by atoms with Gasteiger partial charge in [-0.15, -0.1) is 0 Å². The van der Waals surface area contributed by atoms with Crippen LogP contribution in [0, 0.1) is 0 Å². The van der Waals surface area contributed by atoms with Crippen LogP contribution in [0.3, 0.4) is 0 Å². The van der Waals surface area contributed by atoms with E-state index >= 15 is 0 Å². The highest BCUT2D eigenvalue weighted by molar-refractivity contribution is 7.71. The molecule has 0 saturated heterocycles. The lowest BCUT2D eigenvalue weighted by Gasteiger charge is -1.71. The molecule has 0 aromatic heterocycles. The van der Waals surface area contributed by atoms with Gasteiger partial charge in [0.25, 0.3) is 0 Å². The van der Waals surface area contributed by atoms with Crippen molar-refractivity contribution in [3.63, 3.8) is 0 Å². The normalized spacial score (nSPS) is 8.14. The molecule has 0 aliphatic rings. The lowest BCUT2D eigenvalue weighted by atomic mass is 10.4. The molecule has 2 nitrogen and oxygen atoms in total. The van der Waals surface area contributed by atoms with Gasteiger partial charge in [0.15, 0.2) is 0 Å². The van der Waals surface area contributed by atoms with Crippen LogP contribution < -0.4 is 0 Å². The van der Waals surface area contributed by atoms with Gasteiger partial charge in [-0.25, -0.2) is 0 Å². The molecule has 0 heterocycles. The van der Waals surface area contributed by atoms with E-state index in [-0.39, 0.29) is 0 Å². The summed E-state index contributed by atoms with van der Waals surface area (Å²) in [5, 5.41) is 1.26. The summed E-state index contributed by atoms with van der Waals surface area (Å²) in [5.41, 5.74) is 0. The van der Waals surface area contributed by atoms with E-state index in [1.165, 1.54) is 5.37 Å². The summed E-state index contributed by atoms with van der Waals surface area (Å²) in [4.78, 5) is 0. The van der Waals surface area contributed by atoms with Gasteiger partial charge in [0, 0.05) is 5.37 Å². The van der Waals surface area contributed by atoms with E-state index in [0.29, 0.717) is 6.42 Å². The smallest absolute Gasteiger partial charge is 0.185 e.